The molecule has 0 aliphatic carbocycles. The van der Waals surface area contributed by atoms with Crippen LogP contribution in [0, 0.1) is 12.4 Å². The van der Waals surface area contributed by atoms with Gasteiger partial charge in [-0.1, -0.05) is 75.7 Å². The molecule has 0 fully saturated rings. The van der Waals surface area contributed by atoms with Crippen LogP contribution in [0.2, 0.25) is 0 Å². The maximum absolute atomic E-state index is 7.88. The van der Waals surface area contributed by atoms with Crippen molar-refractivity contribution in [3.8, 4) is 11.6 Å². The zero-order valence-corrected chi connectivity index (χ0v) is 22.7. The largest absolute Gasteiger partial charge is 2.00 e. The van der Waals surface area contributed by atoms with E-state index < -0.39 is 5.41 Å². The molecule has 0 aromatic carbocycles. The van der Waals surface area contributed by atoms with Crippen molar-refractivity contribution in [1.82, 2.24) is 29.5 Å². The fourth-order valence-corrected chi connectivity index (χ4v) is 3.68. The molecule has 4 rings (SSSR count). The van der Waals surface area contributed by atoms with Crippen LogP contribution in [0.3, 0.4) is 0 Å². The van der Waals surface area contributed by atoms with Crippen molar-refractivity contribution in [2.75, 3.05) is 0 Å². The van der Waals surface area contributed by atoms with E-state index >= 15 is 0 Å². The van der Waals surface area contributed by atoms with Crippen LogP contribution in [0.15, 0.2) is 48.7 Å². The molecule has 4 heterocycles. The smallest absolute Gasteiger partial charge is 0.344 e. The second kappa shape index (κ2) is 10.8. The van der Waals surface area contributed by atoms with Gasteiger partial charge in [-0.2, -0.15) is 0 Å². The fourth-order valence-electron chi connectivity index (χ4n) is 3.68. The van der Waals surface area contributed by atoms with Gasteiger partial charge in [0.25, 0.3) is 0 Å². The Morgan fingerprint density at radius 1 is 0.824 bits per heavy atom. The van der Waals surface area contributed by atoms with E-state index in [1.807, 2.05) is 12.1 Å². The summed E-state index contributed by atoms with van der Waals surface area (Å²) in [6.07, 6.45) is 7.15. The van der Waals surface area contributed by atoms with Crippen LogP contribution >= 0.6 is 0 Å². The Bertz CT molecular complexity index is 1290. The maximum atomic E-state index is 7.88. The van der Waals surface area contributed by atoms with E-state index in [1.54, 1.807) is 0 Å². The van der Waals surface area contributed by atoms with E-state index in [-0.39, 0.29) is 57.3 Å². The molecular formula is C27H32N6Pt. The number of aromatic nitrogens is 6. The van der Waals surface area contributed by atoms with Crippen molar-refractivity contribution in [1.29, 1.82) is 0 Å². The Morgan fingerprint density at radius 2 is 1.24 bits per heavy atom. The van der Waals surface area contributed by atoms with Crippen molar-refractivity contribution in [3.63, 3.8) is 0 Å². The number of nitrogens with zero attached hydrogens (tertiary/aromatic N) is 6. The Labute approximate surface area is 222 Å². The van der Waals surface area contributed by atoms with E-state index in [0.29, 0.717) is 11.6 Å². The minimum absolute atomic E-state index is 0. The second-order valence-electron chi connectivity index (χ2n) is 9.05. The zero-order valence-electron chi connectivity index (χ0n) is 24.4. The first-order chi connectivity index (χ1) is 17.4. The molecular weight excluding hydrogens is 603 g/mol. The van der Waals surface area contributed by atoms with E-state index in [4.69, 9.17) is 15.5 Å². The third-order valence-corrected chi connectivity index (χ3v) is 6.48. The molecule has 0 spiro atoms. The number of pyridine rings is 2. The van der Waals surface area contributed by atoms with Crippen molar-refractivity contribution in [2.45, 2.75) is 71.6 Å². The molecule has 7 heteroatoms. The summed E-state index contributed by atoms with van der Waals surface area (Å²) >= 11 is 0. The van der Waals surface area contributed by atoms with Gasteiger partial charge in [0.1, 0.15) is 0 Å². The van der Waals surface area contributed by atoms with Gasteiger partial charge >= 0.3 is 21.1 Å². The third kappa shape index (κ3) is 5.22. The average molecular weight is 640 g/mol. The summed E-state index contributed by atoms with van der Waals surface area (Å²) in [4.78, 5) is 9.82. The summed E-state index contributed by atoms with van der Waals surface area (Å²) in [5.41, 5.74) is 3.06. The molecule has 2 unspecified atom stereocenters. The van der Waals surface area contributed by atoms with Crippen molar-refractivity contribution < 1.29 is 26.5 Å². The molecule has 2 atom stereocenters. The van der Waals surface area contributed by atoms with Gasteiger partial charge in [0, 0.05) is 19.5 Å². The van der Waals surface area contributed by atoms with Gasteiger partial charge in [0.2, 0.25) is 0 Å². The van der Waals surface area contributed by atoms with Crippen molar-refractivity contribution in [3.05, 3.63) is 83.6 Å². The quantitative estimate of drug-likeness (QED) is 0.229. The SMILES string of the molecule is [2H]c1[c-]n(-c2cc(C(C)CC)cc(C(C)(C)c3cc(C(C)CC)cc(-n4[c-]c([2H])c([2H])n4)n3)n2)nc1[2H].[Pt+2]. The molecule has 0 N–H and O–H groups in total. The van der Waals surface area contributed by atoms with Crippen LogP contribution in [0.25, 0.3) is 11.6 Å². The van der Waals surface area contributed by atoms with Gasteiger partial charge in [-0.3, -0.25) is 20.2 Å². The van der Waals surface area contributed by atoms with Crippen LogP contribution in [0.5, 0.6) is 0 Å². The molecule has 4 aromatic heterocycles. The molecule has 0 amide bonds. The molecule has 0 saturated carbocycles. The summed E-state index contributed by atoms with van der Waals surface area (Å²) in [7, 11) is 0. The van der Waals surface area contributed by atoms with Crippen LogP contribution < -0.4 is 0 Å². The fraction of sp³-hybridized carbons (Fsp3) is 0.407. The summed E-state index contributed by atoms with van der Waals surface area (Å²) < 4.78 is 34.2. The van der Waals surface area contributed by atoms with Gasteiger partial charge in [-0.15, -0.1) is 12.1 Å². The minimum atomic E-state index is -0.641. The van der Waals surface area contributed by atoms with Crippen LogP contribution in [0.4, 0.5) is 0 Å². The van der Waals surface area contributed by atoms with E-state index in [1.165, 1.54) is 9.36 Å². The zero-order chi connectivity index (χ0) is 27.1. The number of hydrogen-bond acceptors (Lipinski definition) is 4. The van der Waals surface area contributed by atoms with E-state index in [0.717, 1.165) is 35.4 Å². The Hall–Kier alpha value is -2.59. The maximum Gasteiger partial charge on any atom is 2.00 e. The van der Waals surface area contributed by atoms with Crippen molar-refractivity contribution >= 4 is 0 Å². The molecule has 0 radical (unpaired) electrons. The monoisotopic (exact) mass is 639 g/mol. The summed E-state index contributed by atoms with van der Waals surface area (Å²) in [5.74, 6) is 1.53. The first-order valence-electron chi connectivity index (χ1n) is 13.4. The summed E-state index contributed by atoms with van der Waals surface area (Å²) in [6.45, 7) is 12.7. The number of hydrogen-bond donors (Lipinski definition) is 0. The minimum Gasteiger partial charge on any atom is -0.344 e. The first kappa shape index (κ1) is 20.8. The molecule has 0 bridgehead atoms. The Balaban J connectivity index is 0.00000400. The molecule has 34 heavy (non-hydrogen) atoms. The molecule has 4 aromatic rings. The summed E-state index contributed by atoms with van der Waals surface area (Å²) in [6, 6.07) is 7.89. The number of rotatable bonds is 8. The van der Waals surface area contributed by atoms with E-state index in [2.05, 4.69) is 76.3 Å². The van der Waals surface area contributed by atoms with Gasteiger partial charge in [0.15, 0.2) is 0 Å². The molecule has 180 valence electrons. The standard InChI is InChI=1S/C27H32N6.Pt/c1-7-19(3)21-15-23(30-25(17-21)32-13-9-11-28-32)27(5,6)24-16-22(20(4)8-2)18-26(31-24)33-14-10-12-29-33;/h9-12,15-20H,7-8H2,1-6H3;/q-2;+2/i9D,10D,11D,12D;. The Morgan fingerprint density at radius 3 is 1.56 bits per heavy atom. The molecule has 0 aliphatic heterocycles. The normalized spacial score (nSPS) is 15.0. The predicted octanol–water partition coefficient (Wildman–Crippen LogP) is 5.80. The van der Waals surface area contributed by atoms with Crippen LogP contribution in [0.1, 0.15) is 94.2 Å². The first-order valence-corrected chi connectivity index (χ1v) is 11.4. The molecule has 0 aliphatic rings. The van der Waals surface area contributed by atoms with Gasteiger partial charge in [0.05, 0.1) is 11.6 Å². The van der Waals surface area contributed by atoms with Crippen molar-refractivity contribution in [2.24, 2.45) is 0 Å². The van der Waals surface area contributed by atoms with Gasteiger partial charge in [-0.25, -0.2) is 0 Å². The second-order valence-corrected chi connectivity index (χ2v) is 9.05. The molecule has 0 saturated heterocycles. The molecule has 6 nitrogen and oxygen atoms in total. The Kier molecular flexibility index (Phi) is 6.58. The van der Waals surface area contributed by atoms with E-state index in [9.17, 15) is 0 Å². The van der Waals surface area contributed by atoms with Gasteiger partial charge in [-0.05, 0) is 53.4 Å². The van der Waals surface area contributed by atoms with Crippen LogP contribution in [-0.2, 0) is 26.5 Å². The van der Waals surface area contributed by atoms with Crippen LogP contribution in [-0.4, -0.2) is 29.5 Å². The van der Waals surface area contributed by atoms with Gasteiger partial charge < -0.3 is 9.36 Å². The topological polar surface area (TPSA) is 61.4 Å². The predicted molar refractivity (Wildman–Crippen MR) is 130 cm³/mol. The average Bonchev–Trinajstić information content (AvgIpc) is 3.42. The third-order valence-electron chi connectivity index (χ3n) is 6.48. The summed E-state index contributed by atoms with van der Waals surface area (Å²) in [5, 5.41) is 8.25.